The zero-order valence-corrected chi connectivity index (χ0v) is 22.3. The lowest BCUT2D eigenvalue weighted by Gasteiger charge is -2.14. The monoisotopic (exact) mass is 503 g/mol. The fourth-order valence-corrected chi connectivity index (χ4v) is 4.51. The molecule has 0 bridgehead atoms. The lowest BCUT2D eigenvalue weighted by molar-refractivity contribution is 0.262. The summed E-state index contributed by atoms with van der Waals surface area (Å²) in [6.45, 7) is 8.39. The molecule has 6 nitrogen and oxygen atoms in total. The Bertz CT molecular complexity index is 1560. The minimum Gasteiger partial charge on any atom is -0.307 e. The SMILES string of the molecule is Cc1ccc(-n2nc(C(C)(C)C)cc2NC(=O)Nc2ccc(CCc3ccncc3)c3ccccc23)cc1. The average molecular weight is 504 g/mol. The van der Waals surface area contributed by atoms with Crippen molar-refractivity contribution in [3.05, 3.63) is 114 Å². The van der Waals surface area contributed by atoms with Crippen LogP contribution in [-0.2, 0) is 18.3 Å². The van der Waals surface area contributed by atoms with Crippen molar-refractivity contribution < 1.29 is 4.79 Å². The highest BCUT2D eigenvalue weighted by atomic mass is 16.2. The zero-order valence-electron chi connectivity index (χ0n) is 22.3. The number of carbonyl (C=O) groups excluding carboxylic acids is 1. The molecule has 2 aromatic heterocycles. The molecule has 6 heteroatoms. The number of amides is 2. The van der Waals surface area contributed by atoms with Crippen LogP contribution in [0.4, 0.5) is 16.3 Å². The molecule has 5 aromatic rings. The molecule has 2 N–H and O–H groups in total. The molecule has 5 rings (SSSR count). The lowest BCUT2D eigenvalue weighted by atomic mass is 9.92. The van der Waals surface area contributed by atoms with Crippen LogP contribution in [0.2, 0.25) is 0 Å². The molecule has 0 spiro atoms. The van der Waals surface area contributed by atoms with Crippen molar-refractivity contribution >= 4 is 28.3 Å². The first-order valence-electron chi connectivity index (χ1n) is 12.9. The van der Waals surface area contributed by atoms with E-state index in [0.29, 0.717) is 5.82 Å². The van der Waals surface area contributed by atoms with Crippen LogP contribution in [0.3, 0.4) is 0 Å². The molecule has 2 amide bonds. The standard InChI is InChI=1S/C32H33N5O/c1-22-9-14-25(15-10-22)37-30(21-29(36-37)32(2,3)4)35-31(38)34-28-16-13-24(26-7-5-6-8-27(26)28)12-11-23-17-19-33-20-18-23/h5-10,13-21H,11-12H2,1-4H3,(H2,34,35,38). The van der Waals surface area contributed by atoms with E-state index in [1.165, 1.54) is 16.7 Å². The molecule has 0 unspecified atom stereocenters. The average Bonchev–Trinajstić information content (AvgIpc) is 3.33. The summed E-state index contributed by atoms with van der Waals surface area (Å²) in [5, 5.41) is 13.1. The lowest BCUT2D eigenvalue weighted by Crippen LogP contribution is -2.21. The van der Waals surface area contributed by atoms with Crippen molar-refractivity contribution in [2.75, 3.05) is 10.6 Å². The van der Waals surface area contributed by atoms with Crippen LogP contribution in [0, 0.1) is 6.92 Å². The summed E-state index contributed by atoms with van der Waals surface area (Å²) in [5.74, 6) is 0.620. The van der Waals surface area contributed by atoms with E-state index in [9.17, 15) is 4.79 Å². The molecule has 0 aliphatic carbocycles. The smallest absolute Gasteiger partial charge is 0.307 e. The number of aryl methyl sites for hydroxylation is 3. The van der Waals surface area contributed by atoms with E-state index in [4.69, 9.17) is 5.10 Å². The fourth-order valence-electron chi connectivity index (χ4n) is 4.51. The van der Waals surface area contributed by atoms with Gasteiger partial charge in [-0.05, 0) is 66.6 Å². The minimum absolute atomic E-state index is 0.162. The molecule has 0 aliphatic rings. The number of nitrogens with zero attached hydrogens (tertiary/aromatic N) is 3. The van der Waals surface area contributed by atoms with Crippen molar-refractivity contribution in [2.45, 2.75) is 46.0 Å². The quantitative estimate of drug-likeness (QED) is 0.253. The summed E-state index contributed by atoms with van der Waals surface area (Å²) < 4.78 is 1.79. The second-order valence-electron chi connectivity index (χ2n) is 10.7. The van der Waals surface area contributed by atoms with Crippen LogP contribution in [0.25, 0.3) is 16.5 Å². The Morgan fingerprint density at radius 1 is 0.842 bits per heavy atom. The van der Waals surface area contributed by atoms with Crippen LogP contribution in [-0.4, -0.2) is 20.8 Å². The third-order valence-electron chi connectivity index (χ3n) is 6.69. The van der Waals surface area contributed by atoms with E-state index in [0.717, 1.165) is 40.7 Å². The van der Waals surface area contributed by atoms with E-state index in [-0.39, 0.29) is 11.4 Å². The highest BCUT2D eigenvalue weighted by Gasteiger charge is 2.22. The van der Waals surface area contributed by atoms with Gasteiger partial charge in [0.2, 0.25) is 0 Å². The van der Waals surface area contributed by atoms with Gasteiger partial charge in [-0.25, -0.2) is 9.48 Å². The predicted molar refractivity (Wildman–Crippen MR) is 155 cm³/mol. The first kappa shape index (κ1) is 25.2. The molecular formula is C32H33N5O. The molecule has 0 saturated heterocycles. The number of benzene rings is 3. The van der Waals surface area contributed by atoms with E-state index in [1.807, 2.05) is 60.9 Å². The maximum atomic E-state index is 13.2. The maximum Gasteiger partial charge on any atom is 0.324 e. The number of fused-ring (bicyclic) bond motifs is 1. The molecule has 0 saturated carbocycles. The normalized spacial score (nSPS) is 11.5. The predicted octanol–water partition coefficient (Wildman–Crippen LogP) is 7.46. The molecule has 0 aliphatic heterocycles. The van der Waals surface area contributed by atoms with Crippen LogP contribution >= 0.6 is 0 Å². The second-order valence-corrected chi connectivity index (χ2v) is 10.7. The Morgan fingerprint density at radius 2 is 1.55 bits per heavy atom. The Labute approximate surface area is 223 Å². The number of urea groups is 1. The van der Waals surface area contributed by atoms with Gasteiger partial charge in [0.1, 0.15) is 5.82 Å². The van der Waals surface area contributed by atoms with E-state index >= 15 is 0 Å². The number of aromatic nitrogens is 3. The number of nitrogens with one attached hydrogen (secondary N) is 2. The highest BCUT2D eigenvalue weighted by molar-refractivity contribution is 6.06. The Kier molecular flexibility index (Phi) is 6.97. The fraction of sp³-hybridized carbons (Fsp3) is 0.219. The molecule has 0 radical (unpaired) electrons. The van der Waals surface area contributed by atoms with Crippen molar-refractivity contribution in [2.24, 2.45) is 0 Å². The second kappa shape index (κ2) is 10.5. The van der Waals surface area contributed by atoms with E-state index in [2.05, 4.69) is 73.6 Å². The summed E-state index contributed by atoms with van der Waals surface area (Å²) in [6, 6.07) is 26.1. The van der Waals surface area contributed by atoms with Crippen LogP contribution in [0.5, 0.6) is 0 Å². The zero-order chi connectivity index (χ0) is 26.7. The molecule has 2 heterocycles. The van der Waals surface area contributed by atoms with Crippen molar-refractivity contribution in [3.8, 4) is 5.69 Å². The summed E-state index contributed by atoms with van der Waals surface area (Å²) in [6.07, 6.45) is 5.49. The first-order valence-corrected chi connectivity index (χ1v) is 12.9. The van der Waals surface area contributed by atoms with Gasteiger partial charge in [-0.2, -0.15) is 5.10 Å². The van der Waals surface area contributed by atoms with Gasteiger partial charge < -0.3 is 5.32 Å². The summed E-state index contributed by atoms with van der Waals surface area (Å²) in [5.41, 5.74) is 6.07. The van der Waals surface area contributed by atoms with Crippen molar-refractivity contribution in [3.63, 3.8) is 0 Å². The largest absolute Gasteiger partial charge is 0.324 e. The summed E-state index contributed by atoms with van der Waals surface area (Å²) in [7, 11) is 0. The van der Waals surface area contributed by atoms with Gasteiger partial charge in [0.05, 0.1) is 17.1 Å². The number of carbonyl (C=O) groups is 1. The summed E-state index contributed by atoms with van der Waals surface area (Å²) in [4.78, 5) is 17.4. The van der Waals surface area contributed by atoms with Gasteiger partial charge in [-0.15, -0.1) is 0 Å². The number of hydrogen-bond donors (Lipinski definition) is 2. The number of rotatable bonds is 6. The Morgan fingerprint density at radius 3 is 2.26 bits per heavy atom. The van der Waals surface area contributed by atoms with Crippen LogP contribution in [0.15, 0.2) is 91.3 Å². The van der Waals surface area contributed by atoms with Gasteiger partial charge in [-0.1, -0.05) is 68.8 Å². The van der Waals surface area contributed by atoms with Gasteiger partial charge in [0.25, 0.3) is 0 Å². The molecule has 192 valence electrons. The summed E-state index contributed by atoms with van der Waals surface area (Å²) >= 11 is 0. The number of anilines is 2. The van der Waals surface area contributed by atoms with Crippen molar-refractivity contribution in [1.82, 2.24) is 14.8 Å². The first-order chi connectivity index (χ1) is 18.3. The highest BCUT2D eigenvalue weighted by Crippen LogP contribution is 2.29. The Balaban J connectivity index is 1.39. The van der Waals surface area contributed by atoms with Crippen molar-refractivity contribution in [1.29, 1.82) is 0 Å². The molecule has 0 fully saturated rings. The van der Waals surface area contributed by atoms with Gasteiger partial charge in [0.15, 0.2) is 0 Å². The minimum atomic E-state index is -0.312. The van der Waals surface area contributed by atoms with Crippen LogP contribution in [0.1, 0.15) is 43.2 Å². The third-order valence-corrected chi connectivity index (χ3v) is 6.69. The van der Waals surface area contributed by atoms with Gasteiger partial charge >= 0.3 is 6.03 Å². The Hall–Kier alpha value is -4.45. The molecule has 3 aromatic carbocycles. The molecule has 38 heavy (non-hydrogen) atoms. The number of pyridine rings is 1. The van der Waals surface area contributed by atoms with E-state index < -0.39 is 0 Å². The molecule has 0 atom stereocenters. The van der Waals surface area contributed by atoms with Gasteiger partial charge in [-0.3, -0.25) is 10.3 Å². The maximum absolute atomic E-state index is 13.2. The van der Waals surface area contributed by atoms with Gasteiger partial charge in [0, 0.05) is 29.3 Å². The van der Waals surface area contributed by atoms with E-state index in [1.54, 1.807) is 4.68 Å². The van der Waals surface area contributed by atoms with Crippen LogP contribution < -0.4 is 10.6 Å². The molecular weight excluding hydrogens is 470 g/mol. The number of hydrogen-bond acceptors (Lipinski definition) is 3. The third kappa shape index (κ3) is 5.59. The topological polar surface area (TPSA) is 71.8 Å².